The molecule has 3 heteroatoms. The van der Waals surface area contributed by atoms with E-state index < -0.39 is 5.00 Å². The van der Waals surface area contributed by atoms with Crippen LogP contribution in [0.15, 0.2) is 22.5 Å². The summed E-state index contributed by atoms with van der Waals surface area (Å²) >= 11 is 5.62. The van der Waals surface area contributed by atoms with E-state index in [1.807, 2.05) is 0 Å². The van der Waals surface area contributed by atoms with Crippen LogP contribution in [-0.2, 0) is 0 Å². The summed E-state index contributed by atoms with van der Waals surface area (Å²) in [6, 6.07) is 0. The van der Waals surface area contributed by atoms with Gasteiger partial charge in [0.2, 0.25) is 0 Å². The largest absolute Gasteiger partial charge is 0.172 e. The van der Waals surface area contributed by atoms with E-state index in [1.54, 1.807) is 19.2 Å². The van der Waals surface area contributed by atoms with Gasteiger partial charge >= 0.3 is 0 Å². The molecule has 1 aliphatic heterocycles. The quantitative estimate of drug-likeness (QED) is 0.341. The average molecular weight is 117 g/mol. The normalized spacial score (nSPS) is 37.4. The highest BCUT2D eigenvalue weighted by atomic mass is 35.5. The molecule has 0 aromatic rings. The Bertz CT molecular complexity index is 112. The van der Waals surface area contributed by atoms with Gasteiger partial charge in [-0.1, -0.05) is 11.6 Å². The van der Waals surface area contributed by atoms with E-state index >= 15 is 0 Å². The minimum atomic E-state index is -0.556. The van der Waals surface area contributed by atoms with E-state index in [1.165, 1.54) is 0 Å². The highest BCUT2D eigenvalue weighted by Gasteiger charge is 2.17. The number of nitrogens with zero attached hydrogens (tertiary/aromatic N) is 2. The standard InChI is InChI=1S/C4H5ClN2/c1-4(5)2-3-6-7-4/h2-3H,1H3. The molecule has 1 unspecified atom stereocenters. The predicted molar refractivity (Wildman–Crippen MR) is 28.3 cm³/mol. The van der Waals surface area contributed by atoms with Crippen LogP contribution in [0.2, 0.25) is 0 Å². The molecule has 0 spiro atoms. The number of rotatable bonds is 0. The Morgan fingerprint density at radius 3 is 2.57 bits per heavy atom. The first-order chi connectivity index (χ1) is 3.21. The molecule has 2 nitrogen and oxygen atoms in total. The van der Waals surface area contributed by atoms with Crippen LogP contribution in [0.5, 0.6) is 0 Å². The van der Waals surface area contributed by atoms with E-state index in [-0.39, 0.29) is 0 Å². The van der Waals surface area contributed by atoms with Gasteiger partial charge in [0.05, 0.1) is 0 Å². The van der Waals surface area contributed by atoms with E-state index in [0.717, 1.165) is 0 Å². The fraction of sp³-hybridized carbons (Fsp3) is 0.500. The van der Waals surface area contributed by atoms with Gasteiger partial charge in [-0.3, -0.25) is 0 Å². The van der Waals surface area contributed by atoms with Crippen molar-refractivity contribution in [1.29, 1.82) is 0 Å². The fourth-order valence-corrected chi connectivity index (χ4v) is 0.449. The molecule has 0 aliphatic carbocycles. The molecule has 0 aromatic heterocycles. The molecule has 7 heavy (non-hydrogen) atoms. The van der Waals surface area contributed by atoms with Gasteiger partial charge in [-0.15, -0.1) is 0 Å². The number of hydrogen-bond acceptors (Lipinski definition) is 2. The Morgan fingerprint density at radius 1 is 1.71 bits per heavy atom. The fourth-order valence-electron chi connectivity index (χ4n) is 0.349. The maximum atomic E-state index is 5.62. The maximum absolute atomic E-state index is 5.62. The zero-order chi connectivity index (χ0) is 5.33. The third-order valence-electron chi connectivity index (χ3n) is 0.699. The molecule has 0 N–H and O–H groups in total. The summed E-state index contributed by atoms with van der Waals surface area (Å²) in [6.07, 6.45) is 3.32. The van der Waals surface area contributed by atoms with Crippen LogP contribution in [0.25, 0.3) is 0 Å². The highest BCUT2D eigenvalue weighted by molar-refractivity contribution is 6.24. The lowest BCUT2D eigenvalue weighted by Gasteiger charge is -2.00. The third kappa shape index (κ3) is 0.996. The van der Waals surface area contributed by atoms with Crippen molar-refractivity contribution < 1.29 is 0 Å². The first kappa shape index (κ1) is 4.78. The number of hydrogen-bond donors (Lipinski definition) is 0. The molecule has 0 amide bonds. The minimum absolute atomic E-state index is 0.556. The van der Waals surface area contributed by atoms with Crippen molar-refractivity contribution in [3.05, 3.63) is 12.3 Å². The van der Waals surface area contributed by atoms with Crippen molar-refractivity contribution in [3.63, 3.8) is 0 Å². The van der Waals surface area contributed by atoms with E-state index in [4.69, 9.17) is 11.6 Å². The zero-order valence-electron chi connectivity index (χ0n) is 3.93. The molecule has 38 valence electrons. The Labute approximate surface area is 46.9 Å². The summed E-state index contributed by atoms with van der Waals surface area (Å²) < 4.78 is 0. The summed E-state index contributed by atoms with van der Waals surface area (Å²) in [5.41, 5.74) is 0. The van der Waals surface area contributed by atoms with Crippen LogP contribution >= 0.6 is 11.6 Å². The summed E-state index contributed by atoms with van der Waals surface area (Å²) in [5.74, 6) is 0. The molecule has 0 fully saturated rings. The van der Waals surface area contributed by atoms with Crippen molar-refractivity contribution in [2.45, 2.75) is 11.9 Å². The lowest BCUT2D eigenvalue weighted by atomic mass is 10.4. The summed E-state index contributed by atoms with van der Waals surface area (Å²) in [4.78, 5) is -0.556. The van der Waals surface area contributed by atoms with Crippen LogP contribution in [-0.4, -0.2) is 5.00 Å². The monoisotopic (exact) mass is 116 g/mol. The topological polar surface area (TPSA) is 24.7 Å². The Morgan fingerprint density at radius 2 is 2.43 bits per heavy atom. The third-order valence-corrected chi connectivity index (χ3v) is 0.900. The first-order valence-corrected chi connectivity index (χ1v) is 2.37. The second-order valence-corrected chi connectivity index (χ2v) is 2.32. The van der Waals surface area contributed by atoms with Crippen molar-refractivity contribution in [3.8, 4) is 0 Å². The molecule has 1 heterocycles. The first-order valence-electron chi connectivity index (χ1n) is 1.99. The summed E-state index contributed by atoms with van der Waals surface area (Å²) in [5, 5.41) is 7.20. The van der Waals surface area contributed by atoms with Gasteiger partial charge in [-0.05, 0) is 13.0 Å². The smallest absolute Gasteiger partial charge is 0.162 e. The lowest BCUT2D eigenvalue weighted by Crippen LogP contribution is -2.02. The Hall–Kier alpha value is -0.370. The molecule has 1 rings (SSSR count). The van der Waals surface area contributed by atoms with Crippen molar-refractivity contribution in [1.82, 2.24) is 0 Å². The van der Waals surface area contributed by atoms with Gasteiger partial charge in [0.15, 0.2) is 5.00 Å². The second kappa shape index (κ2) is 1.30. The molecule has 0 saturated heterocycles. The van der Waals surface area contributed by atoms with Gasteiger partial charge in [0.1, 0.15) is 0 Å². The van der Waals surface area contributed by atoms with Gasteiger partial charge in [-0.2, -0.15) is 10.2 Å². The van der Waals surface area contributed by atoms with E-state index in [0.29, 0.717) is 0 Å². The Balaban J connectivity index is 2.77. The van der Waals surface area contributed by atoms with Gasteiger partial charge < -0.3 is 0 Å². The van der Waals surface area contributed by atoms with Gasteiger partial charge in [-0.25, -0.2) is 0 Å². The van der Waals surface area contributed by atoms with Crippen molar-refractivity contribution in [2.24, 2.45) is 10.2 Å². The summed E-state index contributed by atoms with van der Waals surface area (Å²) in [6.45, 7) is 1.78. The Kier molecular flexibility index (Phi) is 0.889. The molecule has 0 radical (unpaired) electrons. The van der Waals surface area contributed by atoms with E-state index in [2.05, 4.69) is 10.2 Å². The molecule has 1 atom stereocenters. The highest BCUT2D eigenvalue weighted by Crippen LogP contribution is 2.22. The zero-order valence-corrected chi connectivity index (χ0v) is 4.68. The maximum Gasteiger partial charge on any atom is 0.172 e. The van der Waals surface area contributed by atoms with Crippen LogP contribution in [0.4, 0.5) is 0 Å². The van der Waals surface area contributed by atoms with Gasteiger partial charge in [0.25, 0.3) is 0 Å². The molecule has 0 aromatic carbocycles. The molecule has 1 aliphatic rings. The molecular weight excluding hydrogens is 112 g/mol. The van der Waals surface area contributed by atoms with E-state index in [9.17, 15) is 0 Å². The lowest BCUT2D eigenvalue weighted by molar-refractivity contribution is 0.809. The SMILES string of the molecule is CC1(Cl)C=CN=N1. The van der Waals surface area contributed by atoms with Gasteiger partial charge in [0, 0.05) is 6.20 Å². The van der Waals surface area contributed by atoms with Crippen molar-refractivity contribution in [2.75, 3.05) is 0 Å². The molecule has 0 saturated carbocycles. The molecule has 0 bridgehead atoms. The van der Waals surface area contributed by atoms with Crippen molar-refractivity contribution >= 4 is 11.6 Å². The number of azo groups is 1. The number of alkyl halides is 1. The summed E-state index contributed by atoms with van der Waals surface area (Å²) in [7, 11) is 0. The predicted octanol–water partition coefficient (Wildman–Crippen LogP) is 1.92. The van der Waals surface area contributed by atoms with Crippen LogP contribution in [0.1, 0.15) is 6.92 Å². The molecular formula is C4H5ClN2. The minimum Gasteiger partial charge on any atom is -0.162 e. The average Bonchev–Trinajstić information content (AvgIpc) is 1.84. The van der Waals surface area contributed by atoms with Crippen LogP contribution < -0.4 is 0 Å². The van der Waals surface area contributed by atoms with Crippen LogP contribution in [0, 0.1) is 0 Å². The number of halogens is 1. The van der Waals surface area contributed by atoms with Crippen LogP contribution in [0.3, 0.4) is 0 Å². The second-order valence-electron chi connectivity index (χ2n) is 1.56.